The van der Waals surface area contributed by atoms with Gasteiger partial charge < -0.3 is 19.7 Å². The molecule has 1 aliphatic carbocycles. The van der Waals surface area contributed by atoms with Gasteiger partial charge in [0.15, 0.2) is 0 Å². The van der Waals surface area contributed by atoms with Gasteiger partial charge in [-0.3, -0.25) is 9.59 Å². The molecule has 1 aliphatic rings. The van der Waals surface area contributed by atoms with Crippen LogP contribution in [0.25, 0.3) is 11.1 Å². The van der Waals surface area contributed by atoms with Crippen LogP contribution < -0.4 is 5.32 Å². The predicted octanol–water partition coefficient (Wildman–Crippen LogP) is 3.88. The van der Waals surface area contributed by atoms with Crippen molar-refractivity contribution >= 4 is 18.0 Å². The molecule has 3 rings (SSSR count). The summed E-state index contributed by atoms with van der Waals surface area (Å²) >= 11 is 0. The highest BCUT2D eigenvalue weighted by atomic mass is 16.5. The number of hydrogen-bond donors (Lipinski definition) is 1. The Balaban J connectivity index is 1.69. The Morgan fingerprint density at radius 3 is 2.12 bits per heavy atom. The lowest BCUT2D eigenvalue weighted by atomic mass is 9.98. The van der Waals surface area contributed by atoms with E-state index in [2.05, 4.69) is 24.0 Å². The number of alkyl carbamates (subject to hydrolysis) is 1. The Bertz CT molecular complexity index is 970. The van der Waals surface area contributed by atoms with Gasteiger partial charge in [-0.1, -0.05) is 61.2 Å². The zero-order chi connectivity index (χ0) is 23.8. The maximum atomic E-state index is 12.9. The molecule has 2 aromatic rings. The van der Waals surface area contributed by atoms with Gasteiger partial charge in [-0.25, -0.2) is 4.79 Å². The van der Waals surface area contributed by atoms with Crippen molar-refractivity contribution in [3.63, 3.8) is 0 Å². The minimum Gasteiger partial charge on any atom is -0.461 e. The number of fused-ring (bicyclic) bond motifs is 3. The number of carbonyl (C=O) groups is 3. The molecule has 0 saturated carbocycles. The molecule has 0 heterocycles. The largest absolute Gasteiger partial charge is 0.461 e. The van der Waals surface area contributed by atoms with Gasteiger partial charge in [0.1, 0.15) is 19.3 Å². The average Bonchev–Trinajstić information content (AvgIpc) is 3.15. The Morgan fingerprint density at radius 2 is 1.58 bits per heavy atom. The fourth-order valence-corrected chi connectivity index (χ4v) is 4.12. The quantitative estimate of drug-likeness (QED) is 0.439. The summed E-state index contributed by atoms with van der Waals surface area (Å²) in [5.74, 6) is -1.05. The van der Waals surface area contributed by atoms with Crippen molar-refractivity contribution in [1.82, 2.24) is 10.2 Å². The van der Waals surface area contributed by atoms with Crippen LogP contribution in [0, 0.1) is 0 Å². The van der Waals surface area contributed by atoms with E-state index in [4.69, 9.17) is 9.47 Å². The number of nitrogens with zero attached hydrogens (tertiary/aromatic N) is 1. The van der Waals surface area contributed by atoms with E-state index in [1.165, 1.54) is 6.08 Å². The molecular weight excluding hydrogens is 420 g/mol. The van der Waals surface area contributed by atoms with Gasteiger partial charge in [0, 0.05) is 19.0 Å². The van der Waals surface area contributed by atoms with Crippen LogP contribution in [-0.2, 0) is 19.1 Å². The number of nitrogens with one attached hydrogen (secondary N) is 1. The molecule has 0 aliphatic heterocycles. The lowest BCUT2D eigenvalue weighted by Crippen LogP contribution is -2.50. The Kier molecular flexibility index (Phi) is 8.24. The molecule has 7 nitrogen and oxygen atoms in total. The highest BCUT2D eigenvalue weighted by Crippen LogP contribution is 2.44. The second kappa shape index (κ2) is 11.3. The minimum absolute atomic E-state index is 0.0377. The summed E-state index contributed by atoms with van der Waals surface area (Å²) in [5.41, 5.74) is 4.44. The standard InChI is InChI=1S/C26H30N2O5/c1-4-15-32-24(29)16-23(25(30)28(5-2)6-3)27-26(31)33-17-22-20-13-9-7-11-18(20)19-12-8-10-14-21(19)22/h4,7-14,22-23H,1,5-6,15-17H2,2-3H3,(H,27,31). The van der Waals surface area contributed by atoms with Crippen LogP contribution in [0.1, 0.15) is 37.3 Å². The molecule has 0 radical (unpaired) electrons. The smallest absolute Gasteiger partial charge is 0.407 e. The lowest BCUT2D eigenvalue weighted by molar-refractivity contribution is -0.146. The van der Waals surface area contributed by atoms with Crippen molar-refractivity contribution in [2.75, 3.05) is 26.3 Å². The van der Waals surface area contributed by atoms with Crippen molar-refractivity contribution in [2.24, 2.45) is 0 Å². The maximum absolute atomic E-state index is 12.9. The first-order valence-corrected chi connectivity index (χ1v) is 11.2. The number of amides is 2. The molecule has 1 atom stereocenters. The molecule has 1 N–H and O–H groups in total. The number of rotatable bonds is 10. The summed E-state index contributed by atoms with van der Waals surface area (Å²) in [4.78, 5) is 39.2. The van der Waals surface area contributed by atoms with Crippen LogP contribution in [0.3, 0.4) is 0 Å². The van der Waals surface area contributed by atoms with E-state index < -0.39 is 18.1 Å². The van der Waals surface area contributed by atoms with E-state index in [0.29, 0.717) is 13.1 Å². The lowest BCUT2D eigenvalue weighted by Gasteiger charge is -2.25. The Morgan fingerprint density at radius 1 is 1.00 bits per heavy atom. The molecule has 7 heteroatoms. The van der Waals surface area contributed by atoms with Crippen molar-refractivity contribution in [1.29, 1.82) is 0 Å². The first kappa shape index (κ1) is 24.0. The highest BCUT2D eigenvalue weighted by Gasteiger charge is 2.31. The minimum atomic E-state index is -1.07. The van der Waals surface area contributed by atoms with E-state index in [0.717, 1.165) is 22.3 Å². The van der Waals surface area contributed by atoms with Crippen molar-refractivity contribution < 1.29 is 23.9 Å². The van der Waals surface area contributed by atoms with Crippen LogP contribution in [-0.4, -0.2) is 55.2 Å². The fourth-order valence-electron chi connectivity index (χ4n) is 4.12. The topological polar surface area (TPSA) is 84.9 Å². The molecule has 0 saturated heterocycles. The predicted molar refractivity (Wildman–Crippen MR) is 126 cm³/mol. The SMILES string of the molecule is C=CCOC(=O)CC(NC(=O)OCC1c2ccccc2-c2ccccc21)C(=O)N(CC)CC. The third kappa shape index (κ3) is 5.61. The summed E-state index contributed by atoms with van der Waals surface area (Å²) in [6.07, 6.45) is 0.407. The zero-order valence-corrected chi connectivity index (χ0v) is 19.1. The molecule has 0 spiro atoms. The third-order valence-electron chi connectivity index (χ3n) is 5.74. The Hall–Kier alpha value is -3.61. The number of benzene rings is 2. The Labute approximate surface area is 194 Å². The van der Waals surface area contributed by atoms with E-state index in [1.807, 2.05) is 50.2 Å². The monoisotopic (exact) mass is 450 g/mol. The van der Waals surface area contributed by atoms with Gasteiger partial charge in [-0.15, -0.1) is 0 Å². The van der Waals surface area contributed by atoms with Crippen LogP contribution in [0.5, 0.6) is 0 Å². The summed E-state index contributed by atoms with van der Waals surface area (Å²) < 4.78 is 10.5. The van der Waals surface area contributed by atoms with Crippen LogP contribution >= 0.6 is 0 Å². The van der Waals surface area contributed by atoms with Gasteiger partial charge >= 0.3 is 12.1 Å². The van der Waals surface area contributed by atoms with Crippen molar-refractivity contribution in [2.45, 2.75) is 32.2 Å². The van der Waals surface area contributed by atoms with Crippen LogP contribution in [0.2, 0.25) is 0 Å². The van der Waals surface area contributed by atoms with Gasteiger partial charge in [0.2, 0.25) is 5.91 Å². The van der Waals surface area contributed by atoms with E-state index >= 15 is 0 Å². The summed E-state index contributed by atoms with van der Waals surface area (Å²) in [6, 6.07) is 15.0. The van der Waals surface area contributed by atoms with Gasteiger partial charge in [0.25, 0.3) is 0 Å². The second-order valence-electron chi connectivity index (χ2n) is 7.71. The molecule has 0 bridgehead atoms. The number of carbonyl (C=O) groups excluding carboxylic acids is 3. The third-order valence-corrected chi connectivity index (χ3v) is 5.74. The van der Waals surface area contributed by atoms with Gasteiger partial charge in [0.05, 0.1) is 6.42 Å². The average molecular weight is 451 g/mol. The molecule has 174 valence electrons. The molecule has 0 aromatic heterocycles. The van der Waals surface area contributed by atoms with E-state index in [-0.39, 0.29) is 31.5 Å². The summed E-state index contributed by atoms with van der Waals surface area (Å²) in [5, 5.41) is 2.57. The van der Waals surface area contributed by atoms with E-state index in [9.17, 15) is 14.4 Å². The van der Waals surface area contributed by atoms with Crippen LogP contribution in [0.4, 0.5) is 4.79 Å². The van der Waals surface area contributed by atoms with Gasteiger partial charge in [-0.05, 0) is 36.1 Å². The first-order valence-electron chi connectivity index (χ1n) is 11.2. The first-order chi connectivity index (χ1) is 16.0. The molecule has 2 amide bonds. The number of ether oxygens (including phenoxy) is 2. The summed E-state index contributed by atoms with van der Waals surface area (Å²) in [6.45, 7) is 8.24. The number of likely N-dealkylation sites (N-methyl/N-ethyl adjacent to an activating group) is 1. The normalized spacial score (nSPS) is 12.8. The van der Waals surface area contributed by atoms with Crippen molar-refractivity contribution in [3.8, 4) is 11.1 Å². The molecule has 1 unspecified atom stereocenters. The zero-order valence-electron chi connectivity index (χ0n) is 19.1. The van der Waals surface area contributed by atoms with E-state index in [1.54, 1.807) is 4.90 Å². The molecule has 33 heavy (non-hydrogen) atoms. The summed E-state index contributed by atoms with van der Waals surface area (Å²) in [7, 11) is 0. The number of esters is 1. The fraction of sp³-hybridized carbons (Fsp3) is 0.346. The highest BCUT2D eigenvalue weighted by molar-refractivity contribution is 5.89. The molecule has 2 aromatic carbocycles. The van der Waals surface area contributed by atoms with Crippen molar-refractivity contribution in [3.05, 3.63) is 72.3 Å². The maximum Gasteiger partial charge on any atom is 0.407 e. The second-order valence-corrected chi connectivity index (χ2v) is 7.71. The number of hydrogen-bond acceptors (Lipinski definition) is 5. The van der Waals surface area contributed by atoms with Gasteiger partial charge in [-0.2, -0.15) is 0 Å². The molecule has 0 fully saturated rings. The van der Waals surface area contributed by atoms with Crippen LogP contribution in [0.15, 0.2) is 61.2 Å². The molecular formula is C26H30N2O5.